The molecule has 0 spiro atoms. The van der Waals surface area contributed by atoms with E-state index < -0.39 is 11.9 Å². The summed E-state index contributed by atoms with van der Waals surface area (Å²) in [6.45, 7) is 7.98. The lowest BCUT2D eigenvalue weighted by Crippen LogP contribution is -2.17. The summed E-state index contributed by atoms with van der Waals surface area (Å²) in [5, 5.41) is 16.2. The molecule has 0 aromatic carbocycles. The number of carboxylic acid groups (broad SMARTS) is 2. The van der Waals surface area contributed by atoms with Crippen molar-refractivity contribution in [2.45, 2.75) is 89.2 Å². The van der Waals surface area contributed by atoms with Crippen molar-refractivity contribution in [3.63, 3.8) is 0 Å². The third-order valence-electron chi connectivity index (χ3n) is 4.07. The Hall–Kier alpha value is -1.15. The van der Waals surface area contributed by atoms with Gasteiger partial charge in [-0.15, -0.1) is 0 Å². The standard InChI is InChI=1S/C19H36N2S2.C2H2O4/c1-4-5-6-7-8-9-10-11-14-22-16-19(23-18(2)3)15-21-13-12-20-17-21;3-1(4)2(5)6/h12-13,17-19H,4-11,14-16H2,1-3H3;(H,3,4)(H,5,6). The highest BCUT2D eigenvalue weighted by Gasteiger charge is 2.12. The van der Waals surface area contributed by atoms with Gasteiger partial charge in [0.2, 0.25) is 0 Å². The first kappa shape index (κ1) is 27.8. The Kier molecular flexibility index (Phi) is 18.1. The predicted octanol–water partition coefficient (Wildman–Crippen LogP) is 5.42. The van der Waals surface area contributed by atoms with Gasteiger partial charge in [0.25, 0.3) is 0 Å². The van der Waals surface area contributed by atoms with Crippen molar-refractivity contribution >= 4 is 35.5 Å². The van der Waals surface area contributed by atoms with Gasteiger partial charge >= 0.3 is 11.9 Å². The van der Waals surface area contributed by atoms with E-state index in [0.717, 1.165) is 6.54 Å². The maximum Gasteiger partial charge on any atom is 0.414 e. The molecule has 1 aromatic rings. The minimum atomic E-state index is -1.82. The molecule has 8 heteroatoms. The van der Waals surface area contributed by atoms with Crippen LogP contribution in [0.3, 0.4) is 0 Å². The summed E-state index contributed by atoms with van der Waals surface area (Å²) in [6.07, 6.45) is 17.2. The van der Waals surface area contributed by atoms with E-state index >= 15 is 0 Å². The average molecular weight is 447 g/mol. The molecule has 0 aliphatic heterocycles. The van der Waals surface area contributed by atoms with Crippen LogP contribution in [-0.2, 0) is 16.1 Å². The third-order valence-corrected chi connectivity index (χ3v) is 6.74. The van der Waals surface area contributed by atoms with Crippen molar-refractivity contribution < 1.29 is 19.8 Å². The molecule has 0 bridgehead atoms. The molecule has 0 aliphatic rings. The van der Waals surface area contributed by atoms with Gasteiger partial charge in [0.1, 0.15) is 0 Å². The largest absolute Gasteiger partial charge is 0.473 e. The third kappa shape index (κ3) is 18.6. The summed E-state index contributed by atoms with van der Waals surface area (Å²) < 4.78 is 2.22. The number of aliphatic carboxylic acids is 2. The van der Waals surface area contributed by atoms with Crippen LogP contribution in [0.4, 0.5) is 0 Å². The minimum Gasteiger partial charge on any atom is -0.473 e. The summed E-state index contributed by atoms with van der Waals surface area (Å²) in [4.78, 5) is 22.4. The van der Waals surface area contributed by atoms with Gasteiger partial charge in [-0.3, -0.25) is 0 Å². The zero-order valence-electron chi connectivity index (χ0n) is 18.1. The van der Waals surface area contributed by atoms with E-state index in [9.17, 15) is 0 Å². The van der Waals surface area contributed by atoms with E-state index in [-0.39, 0.29) is 0 Å². The second kappa shape index (κ2) is 18.9. The van der Waals surface area contributed by atoms with E-state index in [4.69, 9.17) is 19.8 Å². The normalized spacial score (nSPS) is 11.7. The molecule has 1 rings (SSSR count). The van der Waals surface area contributed by atoms with Crippen LogP contribution in [0.5, 0.6) is 0 Å². The van der Waals surface area contributed by atoms with Crippen molar-refractivity contribution in [3.05, 3.63) is 18.7 Å². The average Bonchev–Trinajstić information content (AvgIpc) is 3.16. The molecule has 1 unspecified atom stereocenters. The van der Waals surface area contributed by atoms with Crippen molar-refractivity contribution in [2.24, 2.45) is 0 Å². The Morgan fingerprint density at radius 2 is 1.59 bits per heavy atom. The molecule has 29 heavy (non-hydrogen) atoms. The molecule has 0 aliphatic carbocycles. The summed E-state index contributed by atoms with van der Waals surface area (Å²) in [5.41, 5.74) is 0. The number of nitrogens with zero attached hydrogens (tertiary/aromatic N) is 2. The zero-order chi connectivity index (χ0) is 21.9. The first-order chi connectivity index (χ1) is 13.9. The summed E-state index contributed by atoms with van der Waals surface area (Å²) in [6, 6.07) is 0. The maximum atomic E-state index is 9.10. The Labute approximate surface area is 184 Å². The van der Waals surface area contributed by atoms with Crippen LogP contribution in [0.2, 0.25) is 0 Å². The molecular formula is C21H38N2O4S2. The summed E-state index contributed by atoms with van der Waals surface area (Å²) in [5.74, 6) is -1.06. The topological polar surface area (TPSA) is 92.4 Å². The predicted molar refractivity (Wildman–Crippen MR) is 124 cm³/mol. The van der Waals surface area contributed by atoms with Gasteiger partial charge in [0.05, 0.1) is 6.33 Å². The molecule has 0 amide bonds. The molecule has 1 aromatic heterocycles. The molecule has 168 valence electrons. The van der Waals surface area contributed by atoms with Gasteiger partial charge < -0.3 is 14.8 Å². The number of hydrogen-bond donors (Lipinski definition) is 2. The highest BCUT2D eigenvalue weighted by Crippen LogP contribution is 2.23. The van der Waals surface area contributed by atoms with Gasteiger partial charge in [0, 0.05) is 29.9 Å². The van der Waals surface area contributed by atoms with Gasteiger partial charge in [-0.25, -0.2) is 14.6 Å². The highest BCUT2D eigenvalue weighted by molar-refractivity contribution is 8.03. The first-order valence-corrected chi connectivity index (χ1v) is 12.6. The Bertz CT molecular complexity index is 513. The smallest absolute Gasteiger partial charge is 0.414 e. The number of hydrogen-bond acceptors (Lipinski definition) is 5. The number of thioether (sulfide) groups is 2. The zero-order valence-corrected chi connectivity index (χ0v) is 19.7. The number of carboxylic acids is 2. The summed E-state index contributed by atoms with van der Waals surface area (Å²) in [7, 11) is 0. The van der Waals surface area contributed by atoms with Crippen LogP contribution in [0.15, 0.2) is 18.7 Å². The molecular weight excluding hydrogens is 408 g/mol. The fourth-order valence-corrected chi connectivity index (χ4v) is 5.28. The van der Waals surface area contributed by atoms with E-state index in [1.54, 1.807) is 0 Å². The van der Waals surface area contributed by atoms with Crippen molar-refractivity contribution in [3.8, 4) is 0 Å². The second-order valence-electron chi connectivity index (χ2n) is 7.23. The highest BCUT2D eigenvalue weighted by atomic mass is 32.2. The molecule has 1 heterocycles. The molecule has 1 atom stereocenters. The molecule has 0 fully saturated rings. The lowest BCUT2D eigenvalue weighted by molar-refractivity contribution is -0.159. The van der Waals surface area contributed by atoms with Crippen molar-refractivity contribution in [1.29, 1.82) is 0 Å². The number of imidazole rings is 1. The van der Waals surface area contributed by atoms with Gasteiger partial charge in [-0.05, 0) is 17.4 Å². The van der Waals surface area contributed by atoms with E-state index in [1.807, 2.05) is 12.5 Å². The fraction of sp³-hybridized carbons (Fsp3) is 0.762. The number of unbranched alkanes of at least 4 members (excludes halogenated alkanes) is 7. The Morgan fingerprint density at radius 3 is 2.07 bits per heavy atom. The SMILES string of the molecule is CCCCCCCCCCSCC(Cn1ccnc1)SC(C)C.O=C(O)C(=O)O. The lowest BCUT2D eigenvalue weighted by Gasteiger charge is -2.19. The van der Waals surface area contributed by atoms with Crippen LogP contribution in [0, 0.1) is 0 Å². The van der Waals surface area contributed by atoms with Gasteiger partial charge in [-0.2, -0.15) is 23.5 Å². The van der Waals surface area contributed by atoms with E-state index in [0.29, 0.717) is 10.5 Å². The van der Waals surface area contributed by atoms with E-state index in [1.165, 1.54) is 62.9 Å². The Morgan fingerprint density at radius 1 is 1.00 bits per heavy atom. The lowest BCUT2D eigenvalue weighted by atomic mass is 10.1. The second-order valence-corrected chi connectivity index (χ2v) is 10.3. The molecule has 6 nitrogen and oxygen atoms in total. The monoisotopic (exact) mass is 446 g/mol. The number of aromatic nitrogens is 2. The summed E-state index contributed by atoms with van der Waals surface area (Å²) >= 11 is 4.25. The van der Waals surface area contributed by atoms with Crippen LogP contribution in [0.25, 0.3) is 0 Å². The Balaban J connectivity index is 0.00000113. The fourth-order valence-electron chi connectivity index (χ4n) is 2.70. The molecule has 2 N–H and O–H groups in total. The van der Waals surface area contributed by atoms with Crippen LogP contribution in [0.1, 0.15) is 72.1 Å². The van der Waals surface area contributed by atoms with Gasteiger partial charge in [-0.1, -0.05) is 65.7 Å². The van der Waals surface area contributed by atoms with E-state index in [2.05, 4.69) is 60.0 Å². The maximum absolute atomic E-state index is 9.10. The van der Waals surface area contributed by atoms with Gasteiger partial charge in [0.15, 0.2) is 0 Å². The molecule has 0 saturated heterocycles. The van der Waals surface area contributed by atoms with Crippen LogP contribution in [-0.4, -0.2) is 53.7 Å². The number of carbonyl (C=O) groups is 2. The van der Waals surface area contributed by atoms with Crippen molar-refractivity contribution in [2.75, 3.05) is 11.5 Å². The van der Waals surface area contributed by atoms with Crippen LogP contribution >= 0.6 is 23.5 Å². The quantitative estimate of drug-likeness (QED) is 0.274. The van der Waals surface area contributed by atoms with Crippen LogP contribution < -0.4 is 0 Å². The minimum absolute atomic E-state index is 0.697. The first-order valence-electron chi connectivity index (χ1n) is 10.5. The van der Waals surface area contributed by atoms with Crippen molar-refractivity contribution in [1.82, 2.24) is 9.55 Å². The molecule has 0 saturated carbocycles. The number of rotatable bonds is 15. The molecule has 0 radical (unpaired) electrons.